The molecule has 4 nitrogen and oxygen atoms in total. The normalized spacial score (nSPS) is 21.9. The molecule has 1 fully saturated rings. The smallest absolute Gasteiger partial charge is 0.311 e. The Labute approximate surface area is 133 Å². The molecular formula is C15H17Cl2NO3. The molecule has 1 atom stereocenters. The van der Waals surface area contributed by atoms with E-state index < -0.39 is 11.4 Å². The lowest BCUT2D eigenvalue weighted by atomic mass is 9.76. The molecule has 1 aliphatic rings. The van der Waals surface area contributed by atoms with Crippen LogP contribution in [0.3, 0.4) is 0 Å². The maximum Gasteiger partial charge on any atom is 0.311 e. The highest BCUT2D eigenvalue weighted by atomic mass is 35.5. The van der Waals surface area contributed by atoms with Gasteiger partial charge in [-0.1, -0.05) is 43.1 Å². The molecule has 21 heavy (non-hydrogen) atoms. The summed E-state index contributed by atoms with van der Waals surface area (Å²) in [5.74, 6) is -1.18. The summed E-state index contributed by atoms with van der Waals surface area (Å²) in [5.41, 5.74) is -0.574. The third-order valence-electron chi connectivity index (χ3n) is 4.30. The number of benzene rings is 1. The zero-order valence-electron chi connectivity index (χ0n) is 11.9. The fourth-order valence-corrected chi connectivity index (χ4v) is 3.12. The van der Waals surface area contributed by atoms with Crippen molar-refractivity contribution in [2.75, 3.05) is 13.1 Å². The summed E-state index contributed by atoms with van der Waals surface area (Å²) >= 11 is 12.0. The average molecular weight is 330 g/mol. The van der Waals surface area contributed by atoms with Gasteiger partial charge < -0.3 is 10.0 Å². The fraction of sp³-hybridized carbons (Fsp3) is 0.467. The maximum absolute atomic E-state index is 12.5. The largest absolute Gasteiger partial charge is 0.481 e. The molecule has 1 aromatic carbocycles. The van der Waals surface area contributed by atoms with Gasteiger partial charge in [0.05, 0.1) is 21.0 Å². The number of carbonyl (C=O) groups excluding carboxylic acids is 1. The number of likely N-dealkylation sites (tertiary alicyclic amines) is 1. The van der Waals surface area contributed by atoms with Gasteiger partial charge in [0, 0.05) is 13.1 Å². The second kappa shape index (κ2) is 5.85. The molecule has 0 radical (unpaired) electrons. The quantitative estimate of drug-likeness (QED) is 0.922. The zero-order chi connectivity index (χ0) is 15.8. The van der Waals surface area contributed by atoms with E-state index in [4.69, 9.17) is 23.2 Å². The first-order valence-corrected chi connectivity index (χ1v) is 7.52. The molecule has 1 amide bonds. The number of hydrogen-bond acceptors (Lipinski definition) is 2. The van der Waals surface area contributed by atoms with Crippen LogP contribution in [0.2, 0.25) is 10.0 Å². The highest BCUT2D eigenvalue weighted by Crippen LogP contribution is 2.39. The zero-order valence-corrected chi connectivity index (χ0v) is 13.4. The lowest BCUT2D eigenvalue weighted by Gasteiger charge is -2.28. The van der Waals surface area contributed by atoms with Crippen LogP contribution in [0.25, 0.3) is 0 Å². The predicted molar refractivity (Wildman–Crippen MR) is 81.9 cm³/mol. The molecule has 0 aromatic heterocycles. The van der Waals surface area contributed by atoms with E-state index in [1.165, 1.54) is 0 Å². The summed E-state index contributed by atoms with van der Waals surface area (Å²) in [4.78, 5) is 25.7. The average Bonchev–Trinajstić information content (AvgIpc) is 2.87. The van der Waals surface area contributed by atoms with E-state index in [1.807, 2.05) is 13.8 Å². The molecule has 0 aliphatic carbocycles. The van der Waals surface area contributed by atoms with Crippen molar-refractivity contribution in [3.05, 3.63) is 33.8 Å². The van der Waals surface area contributed by atoms with Crippen LogP contribution in [-0.2, 0) is 4.79 Å². The van der Waals surface area contributed by atoms with Crippen molar-refractivity contribution in [1.82, 2.24) is 4.90 Å². The molecular weight excluding hydrogens is 313 g/mol. The molecule has 0 saturated carbocycles. The van der Waals surface area contributed by atoms with Crippen LogP contribution in [0.5, 0.6) is 0 Å². The van der Waals surface area contributed by atoms with Gasteiger partial charge in [-0.15, -0.1) is 0 Å². The molecule has 1 unspecified atom stereocenters. The molecule has 1 aromatic rings. The molecule has 114 valence electrons. The Balaban J connectivity index is 2.27. The topological polar surface area (TPSA) is 57.6 Å². The summed E-state index contributed by atoms with van der Waals surface area (Å²) in [6, 6.07) is 4.87. The van der Waals surface area contributed by atoms with Crippen molar-refractivity contribution in [2.45, 2.75) is 20.3 Å². The standard InChI is InChI=1S/C15H17Cl2NO3/c1-9(2)15(14(20)21)6-7-18(8-15)13(19)10-4-3-5-11(16)12(10)17/h3-5,9H,6-8H2,1-2H3,(H,20,21). The van der Waals surface area contributed by atoms with Crippen LogP contribution < -0.4 is 0 Å². The fourth-order valence-electron chi connectivity index (χ4n) is 2.74. The van der Waals surface area contributed by atoms with Gasteiger partial charge in [0.25, 0.3) is 5.91 Å². The number of carbonyl (C=O) groups is 2. The minimum absolute atomic E-state index is 0.0531. The van der Waals surface area contributed by atoms with Crippen molar-refractivity contribution in [1.29, 1.82) is 0 Å². The van der Waals surface area contributed by atoms with Crippen LogP contribution in [0.15, 0.2) is 18.2 Å². The van der Waals surface area contributed by atoms with Crippen LogP contribution >= 0.6 is 23.2 Å². The Hall–Kier alpha value is -1.26. The molecule has 1 heterocycles. The highest BCUT2D eigenvalue weighted by molar-refractivity contribution is 6.43. The van der Waals surface area contributed by atoms with E-state index in [0.717, 1.165) is 0 Å². The SMILES string of the molecule is CC(C)C1(C(=O)O)CCN(C(=O)c2cccc(Cl)c2Cl)C1. The molecule has 1 aliphatic heterocycles. The monoisotopic (exact) mass is 329 g/mol. The Bertz CT molecular complexity index is 588. The Morgan fingerprint density at radius 2 is 2.00 bits per heavy atom. The minimum Gasteiger partial charge on any atom is -0.481 e. The van der Waals surface area contributed by atoms with E-state index >= 15 is 0 Å². The highest BCUT2D eigenvalue weighted by Gasteiger charge is 2.48. The lowest BCUT2D eigenvalue weighted by Crippen LogP contribution is -2.40. The van der Waals surface area contributed by atoms with Gasteiger partial charge in [0.15, 0.2) is 0 Å². The third kappa shape index (κ3) is 2.74. The van der Waals surface area contributed by atoms with Crippen LogP contribution in [0, 0.1) is 11.3 Å². The summed E-state index contributed by atoms with van der Waals surface area (Å²) in [6.07, 6.45) is 0.448. The van der Waals surface area contributed by atoms with Gasteiger partial charge in [-0.3, -0.25) is 9.59 Å². The van der Waals surface area contributed by atoms with Gasteiger partial charge >= 0.3 is 5.97 Å². The predicted octanol–water partition coefficient (Wildman–Crippen LogP) is 3.57. The van der Waals surface area contributed by atoms with E-state index in [0.29, 0.717) is 23.6 Å². The van der Waals surface area contributed by atoms with E-state index in [1.54, 1.807) is 23.1 Å². The van der Waals surface area contributed by atoms with Crippen molar-refractivity contribution in [2.24, 2.45) is 11.3 Å². The number of rotatable bonds is 3. The number of amides is 1. The maximum atomic E-state index is 12.5. The lowest BCUT2D eigenvalue weighted by molar-refractivity contribution is -0.150. The first-order valence-electron chi connectivity index (χ1n) is 6.76. The Kier molecular flexibility index (Phi) is 4.49. The van der Waals surface area contributed by atoms with Crippen LogP contribution in [0.1, 0.15) is 30.6 Å². The van der Waals surface area contributed by atoms with E-state index in [2.05, 4.69) is 0 Å². The number of hydrogen-bond donors (Lipinski definition) is 1. The number of nitrogens with zero attached hydrogens (tertiary/aromatic N) is 1. The number of aliphatic carboxylic acids is 1. The molecule has 1 N–H and O–H groups in total. The molecule has 0 spiro atoms. The van der Waals surface area contributed by atoms with Crippen molar-refractivity contribution >= 4 is 35.1 Å². The third-order valence-corrected chi connectivity index (χ3v) is 5.12. The van der Waals surface area contributed by atoms with Gasteiger partial charge in [-0.2, -0.15) is 0 Å². The van der Waals surface area contributed by atoms with Crippen molar-refractivity contribution < 1.29 is 14.7 Å². The van der Waals surface area contributed by atoms with Crippen LogP contribution in [-0.4, -0.2) is 35.0 Å². The van der Waals surface area contributed by atoms with Crippen LogP contribution in [0.4, 0.5) is 0 Å². The summed E-state index contributed by atoms with van der Waals surface area (Å²) in [7, 11) is 0. The summed E-state index contributed by atoms with van der Waals surface area (Å²) < 4.78 is 0. The Morgan fingerprint density at radius 3 is 2.52 bits per heavy atom. The minimum atomic E-state index is -0.888. The number of carboxylic acids is 1. The molecule has 1 saturated heterocycles. The first kappa shape index (κ1) is 16.1. The number of carboxylic acid groups (broad SMARTS) is 1. The first-order chi connectivity index (χ1) is 9.79. The van der Waals surface area contributed by atoms with Gasteiger partial charge in [0.2, 0.25) is 0 Å². The second-order valence-electron chi connectivity index (χ2n) is 5.69. The van der Waals surface area contributed by atoms with Crippen molar-refractivity contribution in [3.8, 4) is 0 Å². The van der Waals surface area contributed by atoms with Gasteiger partial charge in [0.1, 0.15) is 0 Å². The summed E-state index contributed by atoms with van der Waals surface area (Å²) in [5, 5.41) is 10.0. The van der Waals surface area contributed by atoms with E-state index in [-0.39, 0.29) is 23.4 Å². The van der Waals surface area contributed by atoms with E-state index in [9.17, 15) is 14.7 Å². The molecule has 0 bridgehead atoms. The Morgan fingerprint density at radius 1 is 1.33 bits per heavy atom. The van der Waals surface area contributed by atoms with Gasteiger partial charge in [-0.05, 0) is 24.5 Å². The molecule has 2 rings (SSSR count). The summed E-state index contributed by atoms with van der Waals surface area (Å²) in [6.45, 7) is 4.34. The number of halogens is 2. The second-order valence-corrected chi connectivity index (χ2v) is 6.48. The van der Waals surface area contributed by atoms with Gasteiger partial charge in [-0.25, -0.2) is 0 Å². The van der Waals surface area contributed by atoms with Crippen molar-refractivity contribution in [3.63, 3.8) is 0 Å². The molecule has 6 heteroatoms.